The maximum Gasteiger partial charge on any atom is 0.309 e. The van der Waals surface area contributed by atoms with E-state index < -0.39 is 41.4 Å². The standard InChI is InChI=1S/C46H71N7O8S/c1-10-12-13-15-23-53(44(58)40(30(5)11-2)51-42(57)36-17-14-16-22-52(36)9)37(29(3)4)25-38(61-31(6)54)43-50-35(28-62-43)41(56)49-34(26-46(7,8)45(59)60)24-32-18-20-33(21-19-32)48-39(55)27-47/h18-21,28,30,34,36,38,40H,10-17,22-27,47H2,1-9H3,(H,48,55)(H,49,56)(H,51,57)(H,59,60)/t30-,34-,36+,38+,40-/m0/s1. The summed E-state index contributed by atoms with van der Waals surface area (Å²) < 4.78 is 5.89. The van der Waals surface area contributed by atoms with E-state index in [1.54, 1.807) is 48.4 Å². The number of hydrogen-bond donors (Lipinski definition) is 5. The van der Waals surface area contributed by atoms with Gasteiger partial charge in [-0.25, -0.2) is 4.98 Å². The van der Waals surface area contributed by atoms with Crippen molar-refractivity contribution in [3.63, 3.8) is 0 Å². The van der Waals surface area contributed by atoms with E-state index in [9.17, 15) is 33.9 Å². The minimum atomic E-state index is -1.18. The Morgan fingerprint density at radius 1 is 1.03 bits per heavy atom. The molecule has 1 aliphatic rings. The molecule has 0 unspecified atom stereocenters. The number of carbonyl (C=O) groups excluding carboxylic acids is 5. The molecule has 0 saturated carbocycles. The summed E-state index contributed by atoms with van der Waals surface area (Å²) in [5.41, 5.74) is 7.15. The van der Waals surface area contributed by atoms with Crippen molar-refractivity contribution >= 4 is 52.6 Å². The minimum absolute atomic E-state index is 0.0682. The molecular formula is C46H71N7O8S. The first-order chi connectivity index (χ1) is 29.3. The van der Waals surface area contributed by atoms with Crippen LogP contribution in [0.1, 0.15) is 147 Å². The Labute approximate surface area is 372 Å². The van der Waals surface area contributed by atoms with Crippen molar-refractivity contribution in [2.45, 2.75) is 150 Å². The van der Waals surface area contributed by atoms with Crippen LogP contribution in [0.2, 0.25) is 0 Å². The Morgan fingerprint density at radius 2 is 1.73 bits per heavy atom. The van der Waals surface area contributed by atoms with E-state index >= 15 is 0 Å². The van der Waals surface area contributed by atoms with Gasteiger partial charge in [0, 0.05) is 42.7 Å². The van der Waals surface area contributed by atoms with Gasteiger partial charge in [0.05, 0.1) is 18.0 Å². The smallest absolute Gasteiger partial charge is 0.309 e. The number of unbranched alkanes of at least 4 members (excludes halogenated alkanes) is 3. The first-order valence-electron chi connectivity index (χ1n) is 22.1. The number of allylic oxidation sites excluding steroid dienone is 1. The number of likely N-dealkylation sites (tertiary alicyclic amines) is 1. The molecule has 1 aromatic heterocycles. The summed E-state index contributed by atoms with van der Waals surface area (Å²) in [6.07, 6.45) is 6.58. The number of aromatic nitrogens is 1. The second-order valence-electron chi connectivity index (χ2n) is 17.5. The van der Waals surface area contributed by atoms with Gasteiger partial charge in [-0.3, -0.25) is 33.7 Å². The lowest BCUT2D eigenvalue weighted by atomic mass is 9.84. The number of benzene rings is 1. The summed E-state index contributed by atoms with van der Waals surface area (Å²) in [6, 6.07) is 5.30. The lowest BCUT2D eigenvalue weighted by Gasteiger charge is -2.36. The van der Waals surface area contributed by atoms with Crippen LogP contribution in [0.3, 0.4) is 0 Å². The van der Waals surface area contributed by atoms with Crippen molar-refractivity contribution in [1.29, 1.82) is 0 Å². The van der Waals surface area contributed by atoms with Gasteiger partial charge in [-0.05, 0) is 97.0 Å². The Morgan fingerprint density at radius 3 is 2.31 bits per heavy atom. The molecule has 2 heterocycles. The van der Waals surface area contributed by atoms with Gasteiger partial charge in [0.15, 0.2) is 6.10 Å². The largest absolute Gasteiger partial charge is 0.481 e. The number of rotatable bonds is 24. The summed E-state index contributed by atoms with van der Waals surface area (Å²) in [7, 11) is 1.95. The first kappa shape index (κ1) is 51.7. The Hall–Kier alpha value is -4.67. The molecule has 1 fully saturated rings. The summed E-state index contributed by atoms with van der Waals surface area (Å²) in [5.74, 6) is -2.97. The summed E-state index contributed by atoms with van der Waals surface area (Å²) in [5, 5.41) is 20.7. The van der Waals surface area contributed by atoms with Gasteiger partial charge in [-0.15, -0.1) is 11.3 Å². The predicted octanol–water partition coefficient (Wildman–Crippen LogP) is 6.59. The summed E-state index contributed by atoms with van der Waals surface area (Å²) in [6.45, 7) is 15.5. The molecule has 5 atom stereocenters. The predicted molar refractivity (Wildman–Crippen MR) is 242 cm³/mol. The number of anilines is 1. The van der Waals surface area contributed by atoms with E-state index in [-0.39, 0.29) is 54.8 Å². The maximum atomic E-state index is 14.9. The van der Waals surface area contributed by atoms with E-state index in [4.69, 9.17) is 10.5 Å². The molecule has 15 nitrogen and oxygen atoms in total. The van der Waals surface area contributed by atoms with E-state index in [1.807, 2.05) is 34.7 Å². The van der Waals surface area contributed by atoms with E-state index in [1.165, 1.54) is 6.92 Å². The molecule has 1 aliphatic heterocycles. The van der Waals surface area contributed by atoms with Crippen LogP contribution in [-0.4, -0.2) is 100 Å². The Balaban J connectivity index is 1.94. The number of thiazole rings is 1. The number of ether oxygens (including phenoxy) is 1. The highest BCUT2D eigenvalue weighted by Gasteiger charge is 2.37. The highest BCUT2D eigenvalue weighted by molar-refractivity contribution is 7.09. The van der Waals surface area contributed by atoms with Crippen molar-refractivity contribution in [2.75, 3.05) is 32.0 Å². The van der Waals surface area contributed by atoms with Gasteiger partial charge in [0.25, 0.3) is 5.91 Å². The van der Waals surface area contributed by atoms with Crippen LogP contribution in [0.4, 0.5) is 5.69 Å². The number of nitrogens with one attached hydrogen (secondary N) is 3. The third kappa shape index (κ3) is 15.6. The summed E-state index contributed by atoms with van der Waals surface area (Å²) in [4.78, 5) is 87.5. The van der Waals surface area contributed by atoms with Gasteiger partial charge < -0.3 is 36.4 Å². The van der Waals surface area contributed by atoms with Crippen molar-refractivity contribution in [3.05, 3.63) is 57.2 Å². The molecule has 0 spiro atoms. The number of piperidine rings is 1. The van der Waals surface area contributed by atoms with Crippen molar-refractivity contribution < 1.29 is 38.6 Å². The highest BCUT2D eigenvalue weighted by atomic mass is 32.1. The number of carboxylic acid groups (broad SMARTS) is 1. The number of carboxylic acids is 1. The monoisotopic (exact) mass is 882 g/mol. The zero-order valence-electron chi connectivity index (χ0n) is 38.3. The molecule has 4 amide bonds. The highest BCUT2D eigenvalue weighted by Crippen LogP contribution is 2.33. The molecule has 0 bridgehead atoms. The molecule has 0 aliphatic carbocycles. The lowest BCUT2D eigenvalue weighted by Crippen LogP contribution is -2.56. The second kappa shape index (κ2) is 24.8. The van der Waals surface area contributed by atoms with Crippen molar-refractivity contribution in [1.82, 2.24) is 25.4 Å². The van der Waals surface area contributed by atoms with E-state index in [0.29, 0.717) is 35.8 Å². The molecule has 62 heavy (non-hydrogen) atoms. The SMILES string of the molecule is CCCCCCN(C(=O)[C@@H](NC(=O)[C@H]1CCCCN1C)[C@@H](C)CC)C(C[C@@H](OC(C)=O)c1nc(C(=O)N[C@@H](Cc2ccc(NC(=O)CN)cc2)CC(C)(C)C(=O)O)cs1)=C(C)C. The summed E-state index contributed by atoms with van der Waals surface area (Å²) >= 11 is 1.15. The average Bonchev–Trinajstić information content (AvgIpc) is 3.72. The fourth-order valence-corrected chi connectivity index (χ4v) is 8.45. The normalized spacial score (nSPS) is 16.3. The van der Waals surface area contributed by atoms with Crippen molar-refractivity contribution in [3.8, 4) is 0 Å². The number of nitrogens with two attached hydrogens (primary N) is 1. The maximum absolute atomic E-state index is 14.9. The Kier molecular flexibility index (Phi) is 20.7. The van der Waals surface area contributed by atoms with Crippen molar-refractivity contribution in [2.24, 2.45) is 17.1 Å². The quantitative estimate of drug-likeness (QED) is 0.0560. The number of amides is 4. The van der Waals surface area contributed by atoms with Crippen LogP contribution in [0, 0.1) is 11.3 Å². The molecular weight excluding hydrogens is 811 g/mol. The zero-order valence-corrected chi connectivity index (χ0v) is 39.1. The fraction of sp³-hybridized carbons (Fsp3) is 0.630. The Bertz CT molecular complexity index is 1860. The van der Waals surface area contributed by atoms with E-state index in [2.05, 4.69) is 32.8 Å². The number of esters is 1. The number of hydrogen-bond acceptors (Lipinski definition) is 11. The van der Waals surface area contributed by atoms with Gasteiger partial charge in [-0.2, -0.15) is 0 Å². The topological polar surface area (TPSA) is 213 Å². The van der Waals surface area contributed by atoms with Gasteiger partial charge >= 0.3 is 11.9 Å². The molecule has 3 rings (SSSR count). The van der Waals surface area contributed by atoms with Crippen LogP contribution in [0.15, 0.2) is 40.9 Å². The van der Waals surface area contributed by atoms with Crippen LogP contribution in [-0.2, 0) is 35.1 Å². The molecule has 6 N–H and O–H groups in total. The van der Waals surface area contributed by atoms with Crippen LogP contribution in [0.25, 0.3) is 0 Å². The number of nitrogens with zero attached hydrogens (tertiary/aromatic N) is 3. The fourth-order valence-electron chi connectivity index (χ4n) is 7.62. The lowest BCUT2D eigenvalue weighted by molar-refractivity contribution is -0.148. The zero-order chi connectivity index (χ0) is 46.1. The van der Waals surface area contributed by atoms with Gasteiger partial charge in [0.1, 0.15) is 16.7 Å². The minimum Gasteiger partial charge on any atom is -0.481 e. The number of carbonyl (C=O) groups is 6. The molecule has 344 valence electrons. The number of aliphatic carboxylic acids is 1. The third-order valence-electron chi connectivity index (χ3n) is 11.5. The average molecular weight is 882 g/mol. The molecule has 1 aromatic carbocycles. The molecule has 16 heteroatoms. The third-order valence-corrected chi connectivity index (χ3v) is 12.5. The molecule has 0 radical (unpaired) electrons. The van der Waals surface area contributed by atoms with Gasteiger partial charge in [-0.1, -0.05) is 70.6 Å². The second-order valence-corrected chi connectivity index (χ2v) is 18.3. The van der Waals surface area contributed by atoms with Gasteiger partial charge in [0.2, 0.25) is 17.7 Å². The first-order valence-corrected chi connectivity index (χ1v) is 22.9. The van der Waals surface area contributed by atoms with Crippen LogP contribution in [0.5, 0.6) is 0 Å². The molecule has 2 aromatic rings. The van der Waals surface area contributed by atoms with Crippen LogP contribution < -0.4 is 21.7 Å². The number of likely N-dealkylation sites (N-methyl/N-ethyl adjacent to an activating group) is 1. The van der Waals surface area contributed by atoms with E-state index in [0.717, 1.165) is 74.0 Å². The van der Waals surface area contributed by atoms with Crippen LogP contribution >= 0.6 is 11.3 Å². The molecule has 1 saturated heterocycles.